The molecule has 0 aliphatic heterocycles. The highest BCUT2D eigenvalue weighted by Gasteiger charge is 2.12. The molecule has 0 spiro atoms. The Balaban J connectivity index is 2.07. The second-order valence-electron chi connectivity index (χ2n) is 8.54. The predicted molar refractivity (Wildman–Crippen MR) is 110 cm³/mol. The van der Waals surface area contributed by atoms with Crippen LogP contribution in [0.25, 0.3) is 11.4 Å². The summed E-state index contributed by atoms with van der Waals surface area (Å²) in [5.41, 5.74) is 7.50. The zero-order valence-electron chi connectivity index (χ0n) is 15.8. The molecule has 24 heavy (non-hydrogen) atoms. The first-order valence-electron chi connectivity index (χ1n) is 8.57. The summed E-state index contributed by atoms with van der Waals surface area (Å²) in [7, 11) is -2.34. The van der Waals surface area contributed by atoms with Crippen molar-refractivity contribution in [1.82, 2.24) is 9.97 Å². The van der Waals surface area contributed by atoms with Crippen molar-refractivity contribution in [3.8, 4) is 22.9 Å². The molecule has 0 fully saturated rings. The lowest BCUT2D eigenvalue weighted by Gasteiger charge is -2.15. The third kappa shape index (κ3) is 6.42. The Morgan fingerprint density at radius 3 is 1.92 bits per heavy atom. The van der Waals surface area contributed by atoms with Gasteiger partial charge in [0, 0.05) is 26.0 Å². The fourth-order valence-corrected chi connectivity index (χ4v) is 3.68. The van der Waals surface area contributed by atoms with Gasteiger partial charge >= 0.3 is 0 Å². The molecule has 0 atom stereocenters. The minimum Gasteiger partial charge on any atom is -0.254 e. The highest BCUT2D eigenvalue weighted by Crippen LogP contribution is 2.17. The monoisotopic (exact) mass is 352 g/mol. The average Bonchev–Trinajstić information content (AvgIpc) is 2.51. The summed E-state index contributed by atoms with van der Waals surface area (Å²) in [6.07, 6.45) is 4.97. The van der Waals surface area contributed by atoms with E-state index in [0.717, 1.165) is 23.4 Å². The number of pyridine rings is 2. The summed E-state index contributed by atoms with van der Waals surface area (Å²) >= 11 is 0. The molecule has 0 radical (unpaired) electrons. The Morgan fingerprint density at radius 2 is 1.46 bits per heavy atom. The molecule has 0 bridgehead atoms. The molecule has 0 aliphatic rings. The second kappa shape index (κ2) is 7.46. The molecule has 2 aromatic rings. The number of aromatic nitrogens is 2. The predicted octanol–water partition coefficient (Wildman–Crippen LogP) is 5.25. The molecule has 0 saturated carbocycles. The third-order valence-corrected chi connectivity index (χ3v) is 6.22. The fraction of sp³-hybridized carbons (Fsp3) is 0.400. The van der Waals surface area contributed by atoms with Gasteiger partial charge in [-0.25, -0.2) is 0 Å². The van der Waals surface area contributed by atoms with E-state index < -0.39 is 16.1 Å². The van der Waals surface area contributed by atoms with Gasteiger partial charge in [0.15, 0.2) is 0 Å². The van der Waals surface area contributed by atoms with Crippen molar-refractivity contribution in [2.75, 3.05) is 0 Å². The van der Waals surface area contributed by atoms with E-state index in [1.54, 1.807) is 0 Å². The minimum absolute atomic E-state index is 0.908. The van der Waals surface area contributed by atoms with E-state index in [9.17, 15) is 0 Å². The Kier molecular flexibility index (Phi) is 5.79. The van der Waals surface area contributed by atoms with Gasteiger partial charge in [-0.05, 0) is 30.2 Å². The van der Waals surface area contributed by atoms with Crippen LogP contribution < -0.4 is 0 Å². The van der Waals surface area contributed by atoms with Gasteiger partial charge in [0.05, 0.1) is 11.4 Å². The molecule has 0 amide bonds. The largest absolute Gasteiger partial charge is 0.254 e. The van der Waals surface area contributed by atoms with Gasteiger partial charge in [-0.1, -0.05) is 57.3 Å². The summed E-state index contributed by atoms with van der Waals surface area (Å²) in [5, 5.41) is 0. The lowest BCUT2D eigenvalue weighted by atomic mass is 10.1. The first kappa shape index (κ1) is 18.6. The number of hydrogen-bond donors (Lipinski definition) is 0. The Morgan fingerprint density at radius 1 is 0.833 bits per heavy atom. The maximum absolute atomic E-state index is 4.59. The maximum atomic E-state index is 4.59. The molecule has 4 heteroatoms. The second-order valence-corrected chi connectivity index (χ2v) is 18.9. The van der Waals surface area contributed by atoms with E-state index >= 15 is 0 Å². The summed E-state index contributed by atoms with van der Waals surface area (Å²) in [6, 6.07) is 9.61. The van der Waals surface area contributed by atoms with Crippen LogP contribution in [0.3, 0.4) is 0 Å². The average molecular weight is 353 g/mol. The first-order valence-corrected chi connectivity index (χ1v) is 15.8. The number of rotatable bonds is 4. The zero-order valence-corrected chi connectivity index (χ0v) is 17.8. The van der Waals surface area contributed by atoms with Crippen LogP contribution in [0.5, 0.6) is 0 Å². The molecule has 2 heterocycles. The van der Waals surface area contributed by atoms with Crippen molar-refractivity contribution in [1.29, 1.82) is 0 Å². The van der Waals surface area contributed by atoms with Gasteiger partial charge in [0.1, 0.15) is 8.07 Å². The smallest absolute Gasteiger partial charge is 0.129 e. The zero-order chi connectivity index (χ0) is 17.8. The van der Waals surface area contributed by atoms with Gasteiger partial charge < -0.3 is 0 Å². The Labute approximate surface area is 148 Å². The molecular formula is C20H28N2Si2. The lowest BCUT2D eigenvalue weighted by Crippen LogP contribution is -2.19. The van der Waals surface area contributed by atoms with Crippen molar-refractivity contribution >= 4 is 16.1 Å². The number of aryl methyl sites for hydroxylation is 1. The minimum atomic E-state index is -1.34. The van der Waals surface area contributed by atoms with E-state index in [1.807, 2.05) is 24.5 Å². The normalized spacial score (nSPS) is 11.8. The van der Waals surface area contributed by atoms with E-state index in [0.29, 0.717) is 0 Å². The maximum Gasteiger partial charge on any atom is 0.129 e. The van der Waals surface area contributed by atoms with Gasteiger partial charge in [-0.15, -0.1) is 5.54 Å². The molecule has 0 N–H and O–H groups in total. The Bertz CT molecular complexity index is 725. The summed E-state index contributed by atoms with van der Waals surface area (Å²) in [4.78, 5) is 9.11. The molecule has 0 aliphatic carbocycles. The van der Waals surface area contributed by atoms with Crippen LogP contribution >= 0.6 is 0 Å². The molecular weight excluding hydrogens is 324 g/mol. The summed E-state index contributed by atoms with van der Waals surface area (Å²) in [5.74, 6) is 3.24. The van der Waals surface area contributed by atoms with Crippen molar-refractivity contribution in [3.63, 3.8) is 0 Å². The van der Waals surface area contributed by atoms with Crippen LogP contribution in [0.2, 0.25) is 45.3 Å². The molecule has 0 saturated heterocycles. The van der Waals surface area contributed by atoms with E-state index in [1.165, 1.54) is 11.6 Å². The van der Waals surface area contributed by atoms with Crippen molar-refractivity contribution in [2.45, 2.75) is 51.7 Å². The van der Waals surface area contributed by atoms with Gasteiger partial charge in [0.25, 0.3) is 0 Å². The van der Waals surface area contributed by atoms with Crippen LogP contribution in [0.4, 0.5) is 0 Å². The van der Waals surface area contributed by atoms with E-state index in [4.69, 9.17) is 0 Å². The number of nitrogens with zero attached hydrogens (tertiary/aromatic N) is 2. The molecule has 0 aromatic carbocycles. The van der Waals surface area contributed by atoms with E-state index in [-0.39, 0.29) is 0 Å². The molecule has 126 valence electrons. The quantitative estimate of drug-likeness (QED) is 0.554. The van der Waals surface area contributed by atoms with Gasteiger partial charge in [-0.2, -0.15) is 0 Å². The highest BCUT2D eigenvalue weighted by atomic mass is 28.3. The van der Waals surface area contributed by atoms with Crippen LogP contribution in [0, 0.1) is 11.5 Å². The van der Waals surface area contributed by atoms with Crippen LogP contribution in [0.15, 0.2) is 36.7 Å². The fourth-order valence-electron chi connectivity index (χ4n) is 2.12. The van der Waals surface area contributed by atoms with Crippen LogP contribution in [0.1, 0.15) is 11.1 Å². The van der Waals surface area contributed by atoms with Gasteiger partial charge in [-0.3, -0.25) is 9.97 Å². The number of hydrogen-bond acceptors (Lipinski definition) is 2. The topological polar surface area (TPSA) is 25.8 Å². The first-order chi connectivity index (χ1) is 11.1. The van der Waals surface area contributed by atoms with E-state index in [2.05, 4.69) is 72.8 Å². The molecule has 2 nitrogen and oxygen atoms in total. The molecule has 2 aromatic heterocycles. The Hall–Kier alpha value is -1.71. The summed E-state index contributed by atoms with van der Waals surface area (Å²) < 4.78 is 0. The molecule has 0 unspecified atom stereocenters. The van der Waals surface area contributed by atoms with Crippen molar-refractivity contribution in [3.05, 3.63) is 47.8 Å². The molecule has 2 rings (SSSR count). The van der Waals surface area contributed by atoms with Crippen molar-refractivity contribution < 1.29 is 0 Å². The SMILES string of the molecule is C[Si](C)(C)C#Cc1ccc(-c2ccc(CC[Si](C)(C)C)cn2)nc1. The third-order valence-electron chi connectivity index (χ3n) is 3.60. The van der Waals surface area contributed by atoms with Crippen molar-refractivity contribution in [2.24, 2.45) is 0 Å². The van der Waals surface area contributed by atoms with Crippen LogP contribution in [-0.4, -0.2) is 26.1 Å². The lowest BCUT2D eigenvalue weighted by molar-refractivity contribution is 1.07. The van der Waals surface area contributed by atoms with Gasteiger partial charge in [0.2, 0.25) is 0 Å². The summed E-state index contributed by atoms with van der Waals surface area (Å²) in [6.45, 7) is 14.0. The standard InChI is InChI=1S/C20H28N2Si2/c1-23(2,3)13-11-17-7-9-19(21-15-17)20-10-8-18(16-22-20)12-14-24(4,5)6/h7-10,15-16H,11,13H2,1-6H3. The van der Waals surface area contributed by atoms with Crippen LogP contribution in [-0.2, 0) is 6.42 Å². The highest BCUT2D eigenvalue weighted by molar-refractivity contribution is 6.83.